The van der Waals surface area contributed by atoms with Crippen molar-refractivity contribution in [2.24, 2.45) is 0 Å². The molecule has 150 valence electrons. The van der Waals surface area contributed by atoms with Gasteiger partial charge in [0.1, 0.15) is 6.10 Å². The minimum Gasteiger partial charge on any atom is -0.478 e. The van der Waals surface area contributed by atoms with Crippen LogP contribution in [0.3, 0.4) is 0 Å². The first-order chi connectivity index (χ1) is 14.5. The Balaban J connectivity index is 1.75. The summed E-state index contributed by atoms with van der Waals surface area (Å²) in [6.45, 7) is 0. The molecular formula is C24H19NO5. The van der Waals surface area contributed by atoms with Crippen LogP contribution in [0.25, 0.3) is 5.57 Å². The summed E-state index contributed by atoms with van der Waals surface area (Å²) in [5, 5.41) is 18.3. The van der Waals surface area contributed by atoms with Gasteiger partial charge in [0.15, 0.2) is 0 Å². The molecule has 6 heteroatoms. The van der Waals surface area contributed by atoms with Gasteiger partial charge in [-0.25, -0.2) is 9.59 Å². The second-order valence-electron chi connectivity index (χ2n) is 6.96. The van der Waals surface area contributed by atoms with E-state index < -0.39 is 18.0 Å². The van der Waals surface area contributed by atoms with Gasteiger partial charge in [-0.05, 0) is 41.0 Å². The Morgan fingerprint density at radius 2 is 1.37 bits per heavy atom. The topological polar surface area (TPSA) is 95.9 Å². The quantitative estimate of drug-likeness (QED) is 0.570. The lowest BCUT2D eigenvalue weighted by molar-refractivity contribution is 0.0443. The van der Waals surface area contributed by atoms with Crippen molar-refractivity contribution in [2.75, 3.05) is 0 Å². The maximum Gasteiger partial charge on any atom is 0.335 e. The van der Waals surface area contributed by atoms with Gasteiger partial charge in [0.2, 0.25) is 0 Å². The molecule has 1 aliphatic heterocycles. The van der Waals surface area contributed by atoms with Gasteiger partial charge in [-0.1, -0.05) is 54.6 Å². The molecule has 0 saturated carbocycles. The normalized spacial score (nSPS) is 15.7. The summed E-state index contributed by atoms with van der Waals surface area (Å²) in [5.41, 5.74) is 7.93. The van der Waals surface area contributed by atoms with Crippen LogP contribution < -0.4 is 5.48 Å². The number of allylic oxidation sites excluding steroid dienone is 1. The molecule has 3 aromatic rings. The van der Waals surface area contributed by atoms with Crippen molar-refractivity contribution < 1.29 is 24.6 Å². The van der Waals surface area contributed by atoms with Gasteiger partial charge in [0.05, 0.1) is 11.1 Å². The van der Waals surface area contributed by atoms with E-state index in [9.17, 15) is 14.7 Å². The molecule has 1 atom stereocenters. The Morgan fingerprint density at radius 1 is 0.800 bits per heavy atom. The molecule has 0 radical (unpaired) electrons. The average Bonchev–Trinajstić information content (AvgIpc) is 3.18. The second kappa shape index (κ2) is 8.23. The van der Waals surface area contributed by atoms with E-state index in [1.807, 2.05) is 30.3 Å². The average molecular weight is 401 g/mol. The highest BCUT2D eigenvalue weighted by atomic mass is 16.7. The van der Waals surface area contributed by atoms with Crippen LogP contribution in [-0.4, -0.2) is 22.2 Å². The highest BCUT2D eigenvalue weighted by Crippen LogP contribution is 2.39. The third-order valence-corrected chi connectivity index (χ3v) is 5.01. The van der Waals surface area contributed by atoms with E-state index in [0.29, 0.717) is 6.42 Å². The minimum atomic E-state index is -0.989. The molecule has 1 unspecified atom stereocenters. The summed E-state index contributed by atoms with van der Waals surface area (Å²) in [6.07, 6.45) is 0.155. The predicted octanol–water partition coefficient (Wildman–Crippen LogP) is 4.31. The lowest BCUT2D eigenvalue weighted by atomic mass is 9.91. The third kappa shape index (κ3) is 3.94. The maximum absolute atomic E-state index is 11.2. The molecule has 6 nitrogen and oxygen atoms in total. The number of rotatable bonds is 6. The molecule has 0 amide bonds. The Morgan fingerprint density at radius 3 is 1.93 bits per heavy atom. The highest BCUT2D eigenvalue weighted by molar-refractivity contribution is 5.89. The molecule has 0 fully saturated rings. The fourth-order valence-corrected chi connectivity index (χ4v) is 3.49. The number of aromatic carboxylic acids is 2. The molecule has 0 aliphatic carbocycles. The lowest BCUT2D eigenvalue weighted by Gasteiger charge is -2.15. The summed E-state index contributed by atoms with van der Waals surface area (Å²) in [6, 6.07) is 23.1. The number of hydrogen-bond acceptors (Lipinski definition) is 4. The van der Waals surface area contributed by atoms with E-state index in [4.69, 9.17) is 9.94 Å². The summed E-state index contributed by atoms with van der Waals surface area (Å²) < 4.78 is 0. The van der Waals surface area contributed by atoms with Crippen LogP contribution in [0.5, 0.6) is 0 Å². The van der Waals surface area contributed by atoms with Crippen LogP contribution in [-0.2, 0) is 11.3 Å². The van der Waals surface area contributed by atoms with Crippen LogP contribution in [0.15, 0.2) is 84.6 Å². The first kappa shape index (κ1) is 19.4. The lowest BCUT2D eigenvalue weighted by Crippen LogP contribution is -2.09. The maximum atomic E-state index is 11.2. The number of carbonyl (C=O) groups is 2. The summed E-state index contributed by atoms with van der Waals surface area (Å²) in [7, 11) is 0. The zero-order chi connectivity index (χ0) is 21.1. The second-order valence-corrected chi connectivity index (χ2v) is 6.96. The van der Waals surface area contributed by atoms with Crippen molar-refractivity contribution >= 4 is 17.5 Å². The Bertz CT molecular complexity index is 1100. The monoisotopic (exact) mass is 401 g/mol. The molecule has 1 aliphatic rings. The summed E-state index contributed by atoms with van der Waals surface area (Å²) in [4.78, 5) is 28.3. The van der Waals surface area contributed by atoms with Gasteiger partial charge in [-0.15, -0.1) is 0 Å². The number of carboxylic acid groups (broad SMARTS) is 2. The van der Waals surface area contributed by atoms with Gasteiger partial charge in [-0.2, -0.15) is 0 Å². The van der Waals surface area contributed by atoms with E-state index in [2.05, 4.69) is 5.48 Å². The van der Waals surface area contributed by atoms with Crippen molar-refractivity contribution in [2.45, 2.75) is 12.5 Å². The summed E-state index contributed by atoms with van der Waals surface area (Å²) in [5.74, 6) is -1.97. The molecular weight excluding hydrogens is 382 g/mol. The van der Waals surface area contributed by atoms with Crippen molar-refractivity contribution in [1.82, 2.24) is 5.48 Å². The van der Waals surface area contributed by atoms with E-state index in [1.54, 1.807) is 48.5 Å². The standard InChI is InChI=1S/C24H19NO5/c26-23(27)18-10-6-16(7-11-18)21-20(14-15-4-2-1-3-5-15)25-30-22(21)17-8-12-19(13-9-17)24(28)29/h1-13,22,25H,14H2,(H,26,27)(H,28,29). The smallest absolute Gasteiger partial charge is 0.335 e. The molecule has 4 rings (SSSR count). The van der Waals surface area contributed by atoms with Crippen molar-refractivity contribution in [1.29, 1.82) is 0 Å². The molecule has 0 spiro atoms. The van der Waals surface area contributed by atoms with Crippen molar-refractivity contribution in [3.63, 3.8) is 0 Å². The van der Waals surface area contributed by atoms with Gasteiger partial charge in [0.25, 0.3) is 0 Å². The molecule has 0 saturated heterocycles. The van der Waals surface area contributed by atoms with E-state index in [1.165, 1.54) is 0 Å². The zero-order valence-electron chi connectivity index (χ0n) is 15.9. The van der Waals surface area contributed by atoms with Gasteiger partial charge in [0, 0.05) is 17.7 Å². The van der Waals surface area contributed by atoms with Gasteiger partial charge >= 0.3 is 11.9 Å². The number of carboxylic acids is 2. The van der Waals surface area contributed by atoms with Crippen LogP contribution >= 0.6 is 0 Å². The van der Waals surface area contributed by atoms with Crippen LogP contribution in [0.1, 0.15) is 43.5 Å². The third-order valence-electron chi connectivity index (χ3n) is 5.01. The van der Waals surface area contributed by atoms with E-state index in [-0.39, 0.29) is 11.1 Å². The molecule has 0 bridgehead atoms. The molecule has 3 aromatic carbocycles. The van der Waals surface area contributed by atoms with Crippen LogP contribution in [0.4, 0.5) is 0 Å². The number of benzene rings is 3. The SMILES string of the molecule is O=C(O)c1ccc(C2=C(Cc3ccccc3)NOC2c2ccc(C(=O)O)cc2)cc1. The largest absolute Gasteiger partial charge is 0.478 e. The fraction of sp³-hybridized carbons (Fsp3) is 0.0833. The predicted molar refractivity (Wildman–Crippen MR) is 111 cm³/mol. The highest BCUT2D eigenvalue weighted by Gasteiger charge is 2.30. The number of hydroxylamine groups is 1. The van der Waals surface area contributed by atoms with Crippen molar-refractivity contribution in [3.05, 3.63) is 112 Å². The van der Waals surface area contributed by atoms with Gasteiger partial charge in [-0.3, -0.25) is 10.3 Å². The first-order valence-electron chi connectivity index (χ1n) is 9.38. The van der Waals surface area contributed by atoms with Crippen LogP contribution in [0.2, 0.25) is 0 Å². The van der Waals surface area contributed by atoms with E-state index in [0.717, 1.165) is 28.0 Å². The molecule has 1 heterocycles. The van der Waals surface area contributed by atoms with Crippen molar-refractivity contribution in [3.8, 4) is 0 Å². The molecule has 0 aromatic heterocycles. The summed E-state index contributed by atoms with van der Waals surface area (Å²) >= 11 is 0. The molecule has 3 N–H and O–H groups in total. The Kier molecular flexibility index (Phi) is 5.32. The zero-order valence-corrected chi connectivity index (χ0v) is 15.9. The minimum absolute atomic E-state index is 0.200. The Hall–Kier alpha value is -3.90. The van der Waals surface area contributed by atoms with Gasteiger partial charge < -0.3 is 10.2 Å². The van der Waals surface area contributed by atoms with E-state index >= 15 is 0 Å². The fourth-order valence-electron chi connectivity index (χ4n) is 3.49. The van der Waals surface area contributed by atoms with Crippen LogP contribution in [0, 0.1) is 0 Å². The Labute approximate surface area is 173 Å². The molecule has 30 heavy (non-hydrogen) atoms. The number of hydrogen-bond donors (Lipinski definition) is 3. The number of nitrogens with one attached hydrogen (secondary N) is 1. The first-order valence-corrected chi connectivity index (χ1v) is 9.38.